The van der Waals surface area contributed by atoms with Gasteiger partial charge in [-0.05, 0) is 30.7 Å². The topological polar surface area (TPSA) is 76.1 Å². The molecule has 0 spiro atoms. The summed E-state index contributed by atoms with van der Waals surface area (Å²) >= 11 is 0. The lowest BCUT2D eigenvalue weighted by atomic mass is 10.1. The predicted molar refractivity (Wildman–Crippen MR) is 75.4 cm³/mol. The molecule has 2 N–H and O–H groups in total. The van der Waals surface area contributed by atoms with Gasteiger partial charge in [0.05, 0.1) is 13.5 Å². The number of carbonyl (C=O) groups is 1. The van der Waals surface area contributed by atoms with Gasteiger partial charge in [-0.3, -0.25) is 4.79 Å². The molecule has 1 aromatic heterocycles. The van der Waals surface area contributed by atoms with E-state index in [1.807, 2.05) is 25.1 Å². The Kier molecular flexibility index (Phi) is 2.98. The van der Waals surface area contributed by atoms with E-state index in [4.69, 9.17) is 4.74 Å². The van der Waals surface area contributed by atoms with Crippen LogP contribution in [0.5, 0.6) is 5.88 Å². The van der Waals surface area contributed by atoms with Crippen molar-refractivity contribution in [3.63, 3.8) is 0 Å². The van der Waals surface area contributed by atoms with Gasteiger partial charge in [-0.25, -0.2) is 4.98 Å². The number of anilines is 3. The molecule has 0 unspecified atom stereocenters. The number of benzene rings is 1. The smallest absolute Gasteiger partial charge is 0.230 e. The van der Waals surface area contributed by atoms with E-state index in [9.17, 15) is 4.79 Å². The molecule has 0 atom stereocenters. The number of amides is 1. The molecule has 0 bridgehead atoms. The Balaban J connectivity index is 1.87. The van der Waals surface area contributed by atoms with E-state index in [1.54, 1.807) is 13.2 Å². The fourth-order valence-electron chi connectivity index (χ4n) is 2.14. The van der Waals surface area contributed by atoms with Gasteiger partial charge in [0.1, 0.15) is 0 Å². The first-order valence-electron chi connectivity index (χ1n) is 6.23. The van der Waals surface area contributed by atoms with Gasteiger partial charge in [-0.15, -0.1) is 0 Å². The Labute approximate surface area is 116 Å². The SMILES string of the molecule is COc1cc(C)nc(Nc2ccc3c(c2)CC(=O)N3)n1. The standard InChI is InChI=1S/C14H14N4O2/c1-8-5-13(20-2)18-14(15-8)16-10-3-4-11-9(6-10)7-12(19)17-11/h3-6H,7H2,1-2H3,(H,17,19)(H,15,16,18). The highest BCUT2D eigenvalue weighted by Crippen LogP contribution is 2.27. The number of rotatable bonds is 3. The van der Waals surface area contributed by atoms with Gasteiger partial charge in [0.25, 0.3) is 0 Å². The molecule has 0 fully saturated rings. The number of aromatic nitrogens is 2. The van der Waals surface area contributed by atoms with Crippen LogP contribution in [-0.4, -0.2) is 23.0 Å². The normalized spacial score (nSPS) is 12.8. The minimum Gasteiger partial charge on any atom is -0.481 e. The quantitative estimate of drug-likeness (QED) is 0.892. The molecule has 0 saturated heterocycles. The van der Waals surface area contributed by atoms with Crippen LogP contribution in [-0.2, 0) is 11.2 Å². The summed E-state index contributed by atoms with van der Waals surface area (Å²) in [5, 5.41) is 5.92. The molecular formula is C14H14N4O2. The van der Waals surface area contributed by atoms with Crippen molar-refractivity contribution in [1.29, 1.82) is 0 Å². The first-order chi connectivity index (χ1) is 9.64. The zero-order chi connectivity index (χ0) is 14.1. The third kappa shape index (κ3) is 2.40. The van der Waals surface area contributed by atoms with E-state index in [1.165, 1.54) is 0 Å². The van der Waals surface area contributed by atoms with E-state index in [0.717, 1.165) is 22.6 Å². The van der Waals surface area contributed by atoms with E-state index in [2.05, 4.69) is 20.6 Å². The fourth-order valence-corrected chi connectivity index (χ4v) is 2.14. The first-order valence-corrected chi connectivity index (χ1v) is 6.23. The minimum absolute atomic E-state index is 0.0191. The number of ether oxygens (including phenoxy) is 1. The zero-order valence-corrected chi connectivity index (χ0v) is 11.2. The summed E-state index contributed by atoms with van der Waals surface area (Å²) in [6, 6.07) is 7.43. The van der Waals surface area contributed by atoms with Gasteiger partial charge in [0.15, 0.2) is 0 Å². The van der Waals surface area contributed by atoms with Gasteiger partial charge in [0.2, 0.25) is 17.7 Å². The van der Waals surface area contributed by atoms with Crippen LogP contribution in [0.2, 0.25) is 0 Å². The zero-order valence-electron chi connectivity index (χ0n) is 11.2. The second-order valence-electron chi connectivity index (χ2n) is 4.60. The lowest BCUT2D eigenvalue weighted by molar-refractivity contribution is -0.115. The maximum Gasteiger partial charge on any atom is 0.230 e. The van der Waals surface area contributed by atoms with Crippen LogP contribution < -0.4 is 15.4 Å². The maximum absolute atomic E-state index is 11.3. The number of methoxy groups -OCH3 is 1. The molecule has 0 saturated carbocycles. The van der Waals surface area contributed by atoms with Crippen molar-refractivity contribution in [3.05, 3.63) is 35.5 Å². The molecule has 6 nitrogen and oxygen atoms in total. The third-order valence-corrected chi connectivity index (χ3v) is 3.03. The number of nitrogens with one attached hydrogen (secondary N) is 2. The summed E-state index contributed by atoms with van der Waals surface area (Å²) in [7, 11) is 1.57. The van der Waals surface area contributed by atoms with E-state index < -0.39 is 0 Å². The molecule has 0 aliphatic carbocycles. The van der Waals surface area contributed by atoms with Gasteiger partial charge < -0.3 is 15.4 Å². The van der Waals surface area contributed by atoms with Crippen molar-refractivity contribution in [1.82, 2.24) is 9.97 Å². The molecule has 1 aliphatic heterocycles. The molecule has 0 radical (unpaired) electrons. The Morgan fingerprint density at radius 3 is 2.95 bits per heavy atom. The number of hydrogen-bond donors (Lipinski definition) is 2. The fraction of sp³-hybridized carbons (Fsp3) is 0.214. The highest BCUT2D eigenvalue weighted by Gasteiger charge is 2.17. The summed E-state index contributed by atoms with van der Waals surface area (Å²) < 4.78 is 5.12. The Morgan fingerprint density at radius 1 is 1.30 bits per heavy atom. The van der Waals surface area contributed by atoms with Crippen molar-refractivity contribution in [2.75, 3.05) is 17.7 Å². The largest absolute Gasteiger partial charge is 0.481 e. The molecule has 2 aromatic rings. The van der Waals surface area contributed by atoms with Gasteiger partial charge in [-0.1, -0.05) is 0 Å². The van der Waals surface area contributed by atoms with Crippen LogP contribution in [0.15, 0.2) is 24.3 Å². The average molecular weight is 270 g/mol. The summed E-state index contributed by atoms with van der Waals surface area (Å²) in [5.74, 6) is 1.00. The van der Waals surface area contributed by atoms with E-state index >= 15 is 0 Å². The van der Waals surface area contributed by atoms with Crippen LogP contribution in [0.25, 0.3) is 0 Å². The molecule has 1 amide bonds. The van der Waals surface area contributed by atoms with Crippen molar-refractivity contribution in [2.24, 2.45) is 0 Å². The molecule has 20 heavy (non-hydrogen) atoms. The molecule has 1 aromatic carbocycles. The number of nitrogens with zero attached hydrogens (tertiary/aromatic N) is 2. The third-order valence-electron chi connectivity index (χ3n) is 3.03. The molecular weight excluding hydrogens is 256 g/mol. The number of carbonyl (C=O) groups excluding carboxylic acids is 1. The van der Waals surface area contributed by atoms with Crippen LogP contribution in [0.1, 0.15) is 11.3 Å². The number of hydrogen-bond acceptors (Lipinski definition) is 5. The highest BCUT2D eigenvalue weighted by atomic mass is 16.5. The Hall–Kier alpha value is -2.63. The second-order valence-corrected chi connectivity index (χ2v) is 4.60. The van der Waals surface area contributed by atoms with Crippen LogP contribution in [0, 0.1) is 6.92 Å². The van der Waals surface area contributed by atoms with Crippen LogP contribution in [0.4, 0.5) is 17.3 Å². The molecule has 102 valence electrons. The lowest BCUT2D eigenvalue weighted by Gasteiger charge is -2.08. The van der Waals surface area contributed by atoms with Crippen LogP contribution in [0.3, 0.4) is 0 Å². The van der Waals surface area contributed by atoms with E-state index in [-0.39, 0.29) is 5.91 Å². The first kappa shape index (κ1) is 12.4. The predicted octanol–water partition coefficient (Wildman–Crippen LogP) is 2.03. The number of fused-ring (bicyclic) bond motifs is 1. The summed E-state index contributed by atoms with van der Waals surface area (Å²) in [6.45, 7) is 1.88. The van der Waals surface area contributed by atoms with Gasteiger partial charge in [0, 0.05) is 23.1 Å². The highest BCUT2D eigenvalue weighted by molar-refractivity contribution is 5.99. The summed E-state index contributed by atoms with van der Waals surface area (Å²) in [5.41, 5.74) is 3.49. The minimum atomic E-state index is 0.0191. The Bertz CT molecular complexity index is 685. The molecule has 3 rings (SSSR count). The lowest BCUT2D eigenvalue weighted by Crippen LogP contribution is -2.03. The van der Waals surface area contributed by atoms with Crippen molar-refractivity contribution < 1.29 is 9.53 Å². The molecule has 1 aliphatic rings. The average Bonchev–Trinajstić information content (AvgIpc) is 2.77. The maximum atomic E-state index is 11.3. The molecule has 6 heteroatoms. The van der Waals surface area contributed by atoms with E-state index in [0.29, 0.717) is 18.2 Å². The van der Waals surface area contributed by atoms with Crippen molar-refractivity contribution >= 4 is 23.2 Å². The monoisotopic (exact) mass is 270 g/mol. The van der Waals surface area contributed by atoms with Crippen LogP contribution >= 0.6 is 0 Å². The van der Waals surface area contributed by atoms with Gasteiger partial charge in [-0.2, -0.15) is 4.98 Å². The second kappa shape index (κ2) is 4.80. The summed E-state index contributed by atoms with van der Waals surface area (Å²) in [6.07, 6.45) is 0.406. The molecule has 2 heterocycles. The Morgan fingerprint density at radius 2 is 2.15 bits per heavy atom. The van der Waals surface area contributed by atoms with Crippen molar-refractivity contribution in [2.45, 2.75) is 13.3 Å². The number of aryl methyl sites for hydroxylation is 1. The van der Waals surface area contributed by atoms with Crippen molar-refractivity contribution in [3.8, 4) is 5.88 Å². The van der Waals surface area contributed by atoms with Gasteiger partial charge >= 0.3 is 0 Å². The summed E-state index contributed by atoms with van der Waals surface area (Å²) in [4.78, 5) is 19.9.